The molecular formula is C17H25Cl3N4O2. The van der Waals surface area contributed by atoms with Gasteiger partial charge in [-0.3, -0.25) is 9.59 Å². The van der Waals surface area contributed by atoms with Gasteiger partial charge in [-0.2, -0.15) is 0 Å². The van der Waals surface area contributed by atoms with Gasteiger partial charge in [-0.15, -0.1) is 24.8 Å². The Morgan fingerprint density at radius 1 is 1.19 bits per heavy atom. The fraction of sp³-hybridized carbons (Fsp3) is 0.588. The van der Waals surface area contributed by atoms with Crippen molar-refractivity contribution in [1.29, 1.82) is 0 Å². The fourth-order valence-corrected chi connectivity index (χ4v) is 3.46. The van der Waals surface area contributed by atoms with E-state index >= 15 is 0 Å². The maximum absolute atomic E-state index is 12.6. The van der Waals surface area contributed by atoms with Gasteiger partial charge < -0.3 is 15.5 Å². The van der Waals surface area contributed by atoms with Crippen molar-refractivity contribution in [1.82, 2.24) is 15.2 Å². The average molecular weight is 424 g/mol. The lowest BCUT2D eigenvalue weighted by atomic mass is 9.95. The fourth-order valence-electron chi connectivity index (χ4n) is 3.35. The molecule has 2 N–H and O–H groups in total. The highest BCUT2D eigenvalue weighted by Crippen LogP contribution is 2.21. The maximum Gasteiger partial charge on any atom is 0.239 e. The van der Waals surface area contributed by atoms with Crippen LogP contribution in [0.25, 0.3) is 0 Å². The van der Waals surface area contributed by atoms with Gasteiger partial charge >= 0.3 is 0 Å². The summed E-state index contributed by atoms with van der Waals surface area (Å²) in [5.41, 5.74) is 0. The first kappa shape index (κ1) is 23.0. The maximum atomic E-state index is 12.6. The third kappa shape index (κ3) is 5.98. The summed E-state index contributed by atoms with van der Waals surface area (Å²) >= 11 is 5.80. The second kappa shape index (κ2) is 10.9. The third-order valence-electron chi connectivity index (χ3n) is 4.69. The monoisotopic (exact) mass is 422 g/mol. The molecule has 1 aromatic heterocycles. The van der Waals surface area contributed by atoms with Crippen LogP contribution in [-0.2, 0) is 9.59 Å². The van der Waals surface area contributed by atoms with Crippen molar-refractivity contribution in [3.05, 3.63) is 23.4 Å². The zero-order valence-electron chi connectivity index (χ0n) is 14.4. The lowest BCUT2D eigenvalue weighted by Crippen LogP contribution is -2.52. The number of likely N-dealkylation sites (tertiary alicyclic amines) is 1. The molecule has 0 saturated carbocycles. The van der Waals surface area contributed by atoms with E-state index in [0.717, 1.165) is 45.2 Å². The quantitative estimate of drug-likeness (QED) is 0.784. The van der Waals surface area contributed by atoms with Crippen molar-refractivity contribution in [2.75, 3.05) is 25.0 Å². The molecule has 9 heteroatoms. The van der Waals surface area contributed by atoms with Crippen molar-refractivity contribution in [3.8, 4) is 0 Å². The summed E-state index contributed by atoms with van der Waals surface area (Å²) in [4.78, 5) is 31.0. The number of rotatable bonds is 3. The van der Waals surface area contributed by atoms with Gasteiger partial charge in [0.1, 0.15) is 5.82 Å². The Morgan fingerprint density at radius 2 is 2.00 bits per heavy atom. The minimum Gasteiger partial charge on any atom is -0.341 e. The number of hydrogen-bond acceptors (Lipinski definition) is 4. The molecule has 6 nitrogen and oxygen atoms in total. The molecule has 2 saturated heterocycles. The van der Waals surface area contributed by atoms with E-state index < -0.39 is 0 Å². The molecule has 2 amide bonds. The average Bonchev–Trinajstić information content (AvgIpc) is 2.64. The summed E-state index contributed by atoms with van der Waals surface area (Å²) in [6.07, 6.45) is 6.25. The van der Waals surface area contributed by atoms with Crippen LogP contribution in [0.1, 0.15) is 32.1 Å². The van der Waals surface area contributed by atoms with Crippen LogP contribution in [0.3, 0.4) is 0 Å². The van der Waals surface area contributed by atoms with E-state index in [1.54, 1.807) is 12.1 Å². The van der Waals surface area contributed by atoms with Crippen LogP contribution in [0, 0.1) is 5.92 Å². The van der Waals surface area contributed by atoms with Crippen molar-refractivity contribution in [2.45, 2.75) is 38.1 Å². The number of carbonyl (C=O) groups is 2. The van der Waals surface area contributed by atoms with E-state index in [1.807, 2.05) is 4.90 Å². The normalized spacial score (nSPS) is 22.6. The lowest BCUT2D eigenvalue weighted by Gasteiger charge is -2.35. The summed E-state index contributed by atoms with van der Waals surface area (Å²) in [7, 11) is 0. The molecule has 0 aliphatic carbocycles. The number of carbonyl (C=O) groups excluding carboxylic acids is 2. The molecule has 1 aromatic rings. The zero-order chi connectivity index (χ0) is 16.9. The minimum absolute atomic E-state index is 0. The van der Waals surface area contributed by atoms with E-state index in [9.17, 15) is 9.59 Å². The molecule has 3 heterocycles. The molecule has 2 fully saturated rings. The molecule has 146 valence electrons. The Kier molecular flexibility index (Phi) is 9.64. The van der Waals surface area contributed by atoms with Crippen LogP contribution in [0.15, 0.2) is 18.3 Å². The van der Waals surface area contributed by atoms with E-state index in [2.05, 4.69) is 15.6 Å². The molecular weight excluding hydrogens is 399 g/mol. The first-order valence-electron chi connectivity index (χ1n) is 8.58. The predicted octanol–water partition coefficient (Wildman–Crippen LogP) is 2.90. The van der Waals surface area contributed by atoms with Gasteiger partial charge in [0, 0.05) is 19.3 Å². The van der Waals surface area contributed by atoms with Crippen LogP contribution >= 0.6 is 36.4 Å². The Hall–Kier alpha value is -1.08. The molecule has 0 spiro atoms. The van der Waals surface area contributed by atoms with Gasteiger partial charge in [0.25, 0.3) is 0 Å². The molecule has 2 aliphatic heterocycles. The van der Waals surface area contributed by atoms with Gasteiger partial charge in [0.2, 0.25) is 11.8 Å². The highest BCUT2D eigenvalue weighted by atomic mass is 35.5. The number of amides is 2. The van der Waals surface area contributed by atoms with Gasteiger partial charge in [-0.25, -0.2) is 4.98 Å². The van der Waals surface area contributed by atoms with E-state index in [-0.39, 0.29) is 48.6 Å². The number of pyridine rings is 1. The molecule has 0 bridgehead atoms. The highest BCUT2D eigenvalue weighted by Gasteiger charge is 2.32. The topological polar surface area (TPSA) is 74.3 Å². The van der Waals surface area contributed by atoms with Crippen LogP contribution in [-0.4, -0.2) is 47.4 Å². The van der Waals surface area contributed by atoms with E-state index in [1.165, 1.54) is 6.20 Å². The lowest BCUT2D eigenvalue weighted by molar-refractivity contribution is -0.137. The van der Waals surface area contributed by atoms with Crippen LogP contribution in [0.4, 0.5) is 5.82 Å². The first-order valence-corrected chi connectivity index (χ1v) is 8.96. The van der Waals surface area contributed by atoms with Crippen LogP contribution in [0.5, 0.6) is 0 Å². The zero-order valence-corrected chi connectivity index (χ0v) is 16.8. The second-order valence-corrected chi connectivity index (χ2v) is 6.91. The minimum atomic E-state index is -0.191. The first-order chi connectivity index (χ1) is 11.6. The number of nitrogens with zero attached hydrogens (tertiary/aromatic N) is 2. The number of piperidine rings is 2. The van der Waals surface area contributed by atoms with Crippen molar-refractivity contribution >= 4 is 54.0 Å². The number of nitrogens with one attached hydrogen (secondary N) is 2. The van der Waals surface area contributed by atoms with Gasteiger partial charge in [-0.05, 0) is 44.4 Å². The summed E-state index contributed by atoms with van der Waals surface area (Å²) in [5.74, 6) is 0.348. The standard InChI is InChI=1S/C17H23ClN4O2.2ClH/c18-13-6-7-15(20-10-13)21-16(23)12-4-3-9-22(11-12)17(24)14-5-1-2-8-19-14;;/h6-7,10,12,14,19H,1-5,8-9,11H2,(H,20,21,23);2*1H. The highest BCUT2D eigenvalue weighted by molar-refractivity contribution is 6.30. The Bertz CT molecular complexity index is 594. The third-order valence-corrected chi connectivity index (χ3v) is 4.91. The van der Waals surface area contributed by atoms with Crippen molar-refractivity contribution in [3.63, 3.8) is 0 Å². The molecule has 2 aliphatic rings. The van der Waals surface area contributed by atoms with E-state index in [4.69, 9.17) is 11.6 Å². The Balaban J connectivity index is 0.00000169. The van der Waals surface area contributed by atoms with Crippen LogP contribution in [0.2, 0.25) is 5.02 Å². The molecule has 2 unspecified atom stereocenters. The molecule has 26 heavy (non-hydrogen) atoms. The molecule has 0 aromatic carbocycles. The summed E-state index contributed by atoms with van der Waals surface area (Å²) in [6, 6.07) is 3.28. The number of anilines is 1. The number of hydrogen-bond donors (Lipinski definition) is 2. The van der Waals surface area contributed by atoms with Gasteiger partial charge in [-0.1, -0.05) is 18.0 Å². The smallest absolute Gasteiger partial charge is 0.239 e. The van der Waals surface area contributed by atoms with Gasteiger partial charge in [0.15, 0.2) is 0 Å². The summed E-state index contributed by atoms with van der Waals surface area (Å²) < 4.78 is 0. The summed E-state index contributed by atoms with van der Waals surface area (Å²) in [5, 5.41) is 6.64. The SMILES string of the molecule is Cl.Cl.O=C(Nc1ccc(Cl)cn1)C1CCCN(C(=O)C2CCCCN2)C1. The van der Waals surface area contributed by atoms with Crippen molar-refractivity contribution in [2.24, 2.45) is 5.92 Å². The number of aromatic nitrogens is 1. The summed E-state index contributed by atoms with van der Waals surface area (Å²) in [6.45, 7) is 2.12. The second-order valence-electron chi connectivity index (χ2n) is 6.48. The predicted molar refractivity (Wildman–Crippen MR) is 107 cm³/mol. The van der Waals surface area contributed by atoms with Crippen LogP contribution < -0.4 is 10.6 Å². The van der Waals surface area contributed by atoms with Crippen molar-refractivity contribution < 1.29 is 9.59 Å². The Morgan fingerprint density at radius 3 is 2.65 bits per heavy atom. The largest absolute Gasteiger partial charge is 0.341 e. The van der Waals surface area contributed by atoms with Gasteiger partial charge in [0.05, 0.1) is 17.0 Å². The molecule has 2 atom stereocenters. The van der Waals surface area contributed by atoms with E-state index in [0.29, 0.717) is 17.4 Å². The Labute approximate surface area is 171 Å². The number of halogens is 3. The molecule has 0 radical (unpaired) electrons. The molecule has 3 rings (SSSR count).